The number of carbonyl (C=O) groups is 1. The van der Waals surface area contributed by atoms with Crippen molar-refractivity contribution in [1.29, 1.82) is 0 Å². The summed E-state index contributed by atoms with van der Waals surface area (Å²) in [5, 5.41) is 14.3. The fourth-order valence-corrected chi connectivity index (χ4v) is 3.65. The van der Waals surface area contributed by atoms with Crippen molar-refractivity contribution in [2.45, 2.75) is 13.8 Å². The molecule has 3 rings (SSSR count). The first-order valence-corrected chi connectivity index (χ1v) is 9.60. The van der Waals surface area contributed by atoms with Gasteiger partial charge < -0.3 is 15.1 Å². The van der Waals surface area contributed by atoms with Gasteiger partial charge in [-0.15, -0.1) is 0 Å². The average Bonchev–Trinajstić information content (AvgIpc) is 2.68. The lowest BCUT2D eigenvalue weighted by Gasteiger charge is -2.36. The summed E-state index contributed by atoms with van der Waals surface area (Å²) in [5.74, 6) is -0.335. The number of nitrogens with zero attached hydrogens (tertiary/aromatic N) is 3. The van der Waals surface area contributed by atoms with E-state index in [0.717, 1.165) is 38.4 Å². The van der Waals surface area contributed by atoms with E-state index in [1.54, 1.807) is 13.0 Å². The maximum atomic E-state index is 12.5. The minimum Gasteiger partial charge on any atom is -0.368 e. The van der Waals surface area contributed by atoms with Crippen LogP contribution in [0, 0.1) is 17.0 Å². The number of rotatable bonds is 5. The fourth-order valence-electron chi connectivity index (χ4n) is 3.35. The number of halogens is 1. The van der Waals surface area contributed by atoms with E-state index in [2.05, 4.69) is 22.0 Å². The van der Waals surface area contributed by atoms with Crippen LogP contribution in [-0.2, 0) is 0 Å². The Bertz CT molecular complexity index is 895. The quantitative estimate of drug-likeness (QED) is 0.605. The van der Waals surface area contributed by atoms with E-state index < -0.39 is 4.92 Å². The molecule has 0 spiro atoms. The Balaban J connectivity index is 1.70. The predicted octanol–water partition coefficient (Wildman–Crippen LogP) is 3.95. The molecule has 8 heteroatoms. The van der Waals surface area contributed by atoms with Crippen molar-refractivity contribution in [2.24, 2.45) is 0 Å². The standard InChI is InChI=1S/C20H23ClN4O3/c1-3-23-8-10-24(11-9-23)19-7-5-16(13-17(19)21)22-20(26)15-4-6-18(25(27)28)14(2)12-15/h4-7,12-13H,3,8-11H2,1-2H3,(H,22,26). The van der Waals surface area contributed by atoms with Gasteiger partial charge in [-0.1, -0.05) is 18.5 Å². The van der Waals surface area contributed by atoms with Crippen molar-refractivity contribution in [1.82, 2.24) is 4.90 Å². The monoisotopic (exact) mass is 402 g/mol. The van der Waals surface area contributed by atoms with Gasteiger partial charge in [0.15, 0.2) is 0 Å². The van der Waals surface area contributed by atoms with Crippen molar-refractivity contribution in [3.8, 4) is 0 Å². The molecule has 0 bridgehead atoms. The van der Waals surface area contributed by atoms with Gasteiger partial charge in [-0.2, -0.15) is 0 Å². The van der Waals surface area contributed by atoms with Gasteiger partial charge in [0.25, 0.3) is 11.6 Å². The number of nitro groups is 1. The third-order valence-corrected chi connectivity index (χ3v) is 5.32. The third-order valence-electron chi connectivity index (χ3n) is 5.02. The summed E-state index contributed by atoms with van der Waals surface area (Å²) in [7, 11) is 0. The maximum Gasteiger partial charge on any atom is 0.272 e. The summed E-state index contributed by atoms with van der Waals surface area (Å²) in [6, 6.07) is 9.78. The summed E-state index contributed by atoms with van der Waals surface area (Å²) in [6.45, 7) is 8.67. The van der Waals surface area contributed by atoms with Crippen LogP contribution < -0.4 is 10.2 Å². The van der Waals surface area contributed by atoms with Gasteiger partial charge in [-0.25, -0.2) is 0 Å². The number of benzene rings is 2. The number of nitro benzene ring substituents is 1. The molecule has 28 heavy (non-hydrogen) atoms. The van der Waals surface area contributed by atoms with Gasteiger partial charge in [0.2, 0.25) is 0 Å². The lowest BCUT2D eigenvalue weighted by atomic mass is 10.1. The molecule has 2 aromatic carbocycles. The number of hydrogen-bond acceptors (Lipinski definition) is 5. The number of likely N-dealkylation sites (N-methyl/N-ethyl adjacent to an activating group) is 1. The molecule has 0 aromatic heterocycles. The minimum atomic E-state index is -0.462. The Kier molecular flexibility index (Phi) is 6.16. The smallest absolute Gasteiger partial charge is 0.272 e. The average molecular weight is 403 g/mol. The Labute approximate surface area is 169 Å². The highest BCUT2D eigenvalue weighted by atomic mass is 35.5. The summed E-state index contributed by atoms with van der Waals surface area (Å²) >= 11 is 6.46. The molecular weight excluding hydrogens is 380 g/mol. The van der Waals surface area contributed by atoms with Crippen LogP contribution >= 0.6 is 11.6 Å². The molecule has 1 saturated heterocycles. The molecule has 1 heterocycles. The lowest BCUT2D eigenvalue weighted by molar-refractivity contribution is -0.385. The van der Waals surface area contributed by atoms with Crippen molar-refractivity contribution < 1.29 is 9.72 Å². The molecule has 148 valence electrons. The van der Waals surface area contributed by atoms with Crippen LogP contribution in [0.5, 0.6) is 0 Å². The fraction of sp³-hybridized carbons (Fsp3) is 0.350. The number of piperazine rings is 1. The molecule has 0 atom stereocenters. The molecule has 0 unspecified atom stereocenters. The molecule has 1 aliphatic heterocycles. The van der Waals surface area contributed by atoms with E-state index in [4.69, 9.17) is 11.6 Å². The molecule has 7 nitrogen and oxygen atoms in total. The van der Waals surface area contributed by atoms with Crippen LogP contribution in [0.2, 0.25) is 5.02 Å². The third kappa shape index (κ3) is 4.43. The molecular formula is C20H23ClN4O3. The van der Waals surface area contributed by atoms with Crippen molar-refractivity contribution in [2.75, 3.05) is 42.9 Å². The number of anilines is 2. The Morgan fingerprint density at radius 3 is 2.46 bits per heavy atom. The molecule has 0 saturated carbocycles. The second-order valence-electron chi connectivity index (χ2n) is 6.80. The number of amides is 1. The van der Waals surface area contributed by atoms with Gasteiger partial charge in [-0.05, 0) is 43.8 Å². The lowest BCUT2D eigenvalue weighted by Crippen LogP contribution is -2.46. The number of aryl methyl sites for hydroxylation is 1. The molecule has 1 fully saturated rings. The molecule has 2 aromatic rings. The highest BCUT2D eigenvalue weighted by Crippen LogP contribution is 2.30. The summed E-state index contributed by atoms with van der Waals surface area (Å²) in [4.78, 5) is 27.6. The van der Waals surface area contributed by atoms with E-state index in [0.29, 0.717) is 21.8 Å². The molecule has 1 N–H and O–H groups in total. The van der Waals surface area contributed by atoms with E-state index in [-0.39, 0.29) is 11.6 Å². The van der Waals surface area contributed by atoms with Crippen LogP contribution in [0.1, 0.15) is 22.8 Å². The normalized spacial score (nSPS) is 14.8. The summed E-state index contributed by atoms with van der Waals surface area (Å²) < 4.78 is 0. The van der Waals surface area contributed by atoms with Gasteiger partial charge >= 0.3 is 0 Å². The Hall–Kier alpha value is -2.64. The number of nitrogens with one attached hydrogen (secondary N) is 1. The first-order chi connectivity index (χ1) is 13.4. The van der Waals surface area contributed by atoms with Crippen LogP contribution in [0.15, 0.2) is 36.4 Å². The first kappa shape index (κ1) is 20.1. The van der Waals surface area contributed by atoms with Crippen molar-refractivity contribution in [3.05, 3.63) is 62.7 Å². The zero-order valence-electron chi connectivity index (χ0n) is 15.9. The number of hydrogen-bond donors (Lipinski definition) is 1. The van der Waals surface area contributed by atoms with Crippen LogP contribution in [-0.4, -0.2) is 48.5 Å². The van der Waals surface area contributed by atoms with E-state index >= 15 is 0 Å². The molecule has 1 aliphatic rings. The van der Waals surface area contributed by atoms with Crippen molar-refractivity contribution >= 4 is 34.6 Å². The SMILES string of the molecule is CCN1CCN(c2ccc(NC(=O)c3ccc([N+](=O)[O-])c(C)c3)cc2Cl)CC1. The molecule has 0 radical (unpaired) electrons. The van der Waals surface area contributed by atoms with Crippen LogP contribution in [0.3, 0.4) is 0 Å². The van der Waals surface area contributed by atoms with E-state index in [9.17, 15) is 14.9 Å². The first-order valence-electron chi connectivity index (χ1n) is 9.22. The van der Waals surface area contributed by atoms with E-state index in [1.807, 2.05) is 12.1 Å². The zero-order valence-corrected chi connectivity index (χ0v) is 16.7. The van der Waals surface area contributed by atoms with Crippen LogP contribution in [0.25, 0.3) is 0 Å². The van der Waals surface area contributed by atoms with Crippen molar-refractivity contribution in [3.63, 3.8) is 0 Å². The van der Waals surface area contributed by atoms with Gasteiger partial charge in [0.05, 0.1) is 15.6 Å². The highest BCUT2D eigenvalue weighted by Gasteiger charge is 2.19. The second-order valence-corrected chi connectivity index (χ2v) is 7.21. The highest BCUT2D eigenvalue weighted by molar-refractivity contribution is 6.33. The predicted molar refractivity (Wildman–Crippen MR) is 112 cm³/mol. The summed E-state index contributed by atoms with van der Waals surface area (Å²) in [5.41, 5.74) is 2.34. The largest absolute Gasteiger partial charge is 0.368 e. The Morgan fingerprint density at radius 2 is 1.89 bits per heavy atom. The van der Waals surface area contributed by atoms with Crippen LogP contribution in [0.4, 0.5) is 17.1 Å². The number of carbonyl (C=O) groups excluding carboxylic acids is 1. The Morgan fingerprint density at radius 1 is 1.18 bits per heavy atom. The van der Waals surface area contributed by atoms with Gasteiger partial charge in [-0.3, -0.25) is 14.9 Å². The second kappa shape index (κ2) is 8.58. The topological polar surface area (TPSA) is 78.7 Å². The van der Waals surface area contributed by atoms with Gasteiger partial charge in [0.1, 0.15) is 0 Å². The molecule has 1 amide bonds. The zero-order chi connectivity index (χ0) is 20.3. The summed E-state index contributed by atoms with van der Waals surface area (Å²) in [6.07, 6.45) is 0. The maximum absolute atomic E-state index is 12.5. The minimum absolute atomic E-state index is 0.00730. The molecule has 0 aliphatic carbocycles. The van der Waals surface area contributed by atoms with E-state index in [1.165, 1.54) is 18.2 Å². The van der Waals surface area contributed by atoms with Gasteiger partial charge in [0, 0.05) is 49.1 Å².